The van der Waals surface area contributed by atoms with Crippen molar-refractivity contribution < 1.29 is 9.90 Å². The fourth-order valence-electron chi connectivity index (χ4n) is 1.56. The van der Waals surface area contributed by atoms with Crippen LogP contribution in [0.1, 0.15) is 26.0 Å². The van der Waals surface area contributed by atoms with Gasteiger partial charge in [-0.2, -0.15) is 0 Å². The van der Waals surface area contributed by atoms with Gasteiger partial charge in [-0.3, -0.25) is 4.79 Å². The molecule has 0 amide bonds. The standard InChI is InChI=1S/C13H23N3O2S/c1-13(2,11(17)18)10-9-19-12(14-10)16(5)8-6-7-15(3)4/h9H,6-8H2,1-5H3,(H,17,18). The molecule has 0 aliphatic rings. The van der Waals surface area contributed by atoms with E-state index in [0.29, 0.717) is 5.69 Å². The smallest absolute Gasteiger partial charge is 0.315 e. The summed E-state index contributed by atoms with van der Waals surface area (Å²) in [5, 5.41) is 11.9. The van der Waals surface area contributed by atoms with Gasteiger partial charge >= 0.3 is 5.97 Å². The van der Waals surface area contributed by atoms with Gasteiger partial charge in [-0.1, -0.05) is 0 Å². The Morgan fingerprint density at radius 2 is 2.00 bits per heavy atom. The molecule has 0 saturated carbocycles. The summed E-state index contributed by atoms with van der Waals surface area (Å²) in [6.45, 7) is 5.31. The van der Waals surface area contributed by atoms with E-state index in [1.54, 1.807) is 13.8 Å². The van der Waals surface area contributed by atoms with Gasteiger partial charge in [0, 0.05) is 19.0 Å². The zero-order valence-corrected chi connectivity index (χ0v) is 13.1. The van der Waals surface area contributed by atoms with Gasteiger partial charge in [0.2, 0.25) is 0 Å². The molecule has 1 aromatic rings. The number of carboxylic acid groups (broad SMARTS) is 1. The molecule has 19 heavy (non-hydrogen) atoms. The predicted octanol–water partition coefficient (Wildman–Crippen LogP) is 1.89. The van der Waals surface area contributed by atoms with Crippen molar-refractivity contribution in [2.45, 2.75) is 25.7 Å². The third kappa shape index (κ3) is 4.18. The first-order chi connectivity index (χ1) is 8.75. The highest BCUT2D eigenvalue weighted by molar-refractivity contribution is 7.13. The average molecular weight is 285 g/mol. The number of hydrogen-bond acceptors (Lipinski definition) is 5. The molecular weight excluding hydrogens is 262 g/mol. The third-order valence-corrected chi connectivity index (χ3v) is 4.05. The quantitative estimate of drug-likeness (QED) is 0.829. The highest BCUT2D eigenvalue weighted by Gasteiger charge is 2.32. The fourth-order valence-corrected chi connectivity index (χ4v) is 2.54. The highest BCUT2D eigenvalue weighted by Crippen LogP contribution is 2.28. The van der Waals surface area contributed by atoms with Crippen LogP contribution >= 0.6 is 11.3 Å². The number of rotatable bonds is 7. The number of nitrogens with zero attached hydrogens (tertiary/aromatic N) is 3. The zero-order chi connectivity index (χ0) is 14.6. The molecule has 0 bridgehead atoms. The van der Waals surface area contributed by atoms with Crippen LogP contribution < -0.4 is 4.90 Å². The van der Waals surface area contributed by atoms with Gasteiger partial charge in [0.15, 0.2) is 5.13 Å². The summed E-state index contributed by atoms with van der Waals surface area (Å²) in [5.41, 5.74) is -0.307. The van der Waals surface area contributed by atoms with Gasteiger partial charge < -0.3 is 14.9 Å². The molecule has 0 aliphatic heterocycles. The molecule has 1 N–H and O–H groups in total. The van der Waals surface area contributed by atoms with Crippen LogP contribution in [0, 0.1) is 0 Å². The predicted molar refractivity (Wildman–Crippen MR) is 79.2 cm³/mol. The molecule has 0 aromatic carbocycles. The van der Waals surface area contributed by atoms with Crippen LogP contribution in [0.25, 0.3) is 0 Å². The first kappa shape index (κ1) is 15.9. The Bertz CT molecular complexity index is 429. The number of aliphatic carboxylic acids is 1. The van der Waals surface area contributed by atoms with E-state index in [1.165, 1.54) is 11.3 Å². The van der Waals surface area contributed by atoms with Crippen molar-refractivity contribution >= 4 is 22.4 Å². The number of carboxylic acids is 1. The Labute approximate surface area is 118 Å². The topological polar surface area (TPSA) is 56.7 Å². The molecule has 0 radical (unpaired) electrons. The van der Waals surface area contributed by atoms with Crippen molar-refractivity contribution in [1.82, 2.24) is 9.88 Å². The molecule has 1 aromatic heterocycles. The van der Waals surface area contributed by atoms with E-state index >= 15 is 0 Å². The fraction of sp³-hybridized carbons (Fsp3) is 0.692. The van der Waals surface area contributed by atoms with Gasteiger partial charge in [-0.05, 0) is 40.9 Å². The van der Waals surface area contributed by atoms with Crippen LogP contribution in [0.5, 0.6) is 0 Å². The van der Waals surface area contributed by atoms with Gasteiger partial charge in [0.25, 0.3) is 0 Å². The van der Waals surface area contributed by atoms with Crippen LogP contribution in [-0.4, -0.2) is 55.2 Å². The van der Waals surface area contributed by atoms with E-state index in [-0.39, 0.29) is 0 Å². The Morgan fingerprint density at radius 1 is 1.37 bits per heavy atom. The molecule has 108 valence electrons. The lowest BCUT2D eigenvalue weighted by molar-refractivity contribution is -0.142. The molecule has 0 saturated heterocycles. The lowest BCUT2D eigenvalue weighted by Gasteiger charge is -2.18. The normalized spacial score (nSPS) is 11.9. The van der Waals surface area contributed by atoms with E-state index in [2.05, 4.69) is 28.9 Å². The van der Waals surface area contributed by atoms with Crippen LogP contribution in [0.2, 0.25) is 0 Å². The third-order valence-electron chi connectivity index (χ3n) is 3.09. The SMILES string of the molecule is CN(C)CCCN(C)c1nc(C(C)(C)C(=O)O)cs1. The summed E-state index contributed by atoms with van der Waals surface area (Å²) < 4.78 is 0. The van der Waals surface area contributed by atoms with Crippen molar-refractivity contribution in [2.24, 2.45) is 0 Å². The van der Waals surface area contributed by atoms with Gasteiger partial charge in [0.1, 0.15) is 5.41 Å². The largest absolute Gasteiger partial charge is 0.481 e. The average Bonchev–Trinajstić information content (AvgIpc) is 2.77. The summed E-state index contributed by atoms with van der Waals surface area (Å²) >= 11 is 1.50. The zero-order valence-electron chi connectivity index (χ0n) is 12.3. The van der Waals surface area contributed by atoms with Crippen LogP contribution in [0.3, 0.4) is 0 Å². The lowest BCUT2D eigenvalue weighted by atomic mass is 9.90. The molecule has 5 nitrogen and oxygen atoms in total. The maximum atomic E-state index is 11.2. The molecule has 1 heterocycles. The van der Waals surface area contributed by atoms with Crippen molar-refractivity contribution in [3.8, 4) is 0 Å². The van der Waals surface area contributed by atoms with Crippen LogP contribution in [-0.2, 0) is 10.2 Å². The van der Waals surface area contributed by atoms with E-state index in [4.69, 9.17) is 0 Å². The van der Waals surface area contributed by atoms with Crippen molar-refractivity contribution in [3.63, 3.8) is 0 Å². The first-order valence-corrected chi connectivity index (χ1v) is 7.18. The Hall–Kier alpha value is -1.14. The minimum absolute atomic E-state index is 0.624. The molecule has 6 heteroatoms. The van der Waals surface area contributed by atoms with E-state index in [0.717, 1.165) is 24.6 Å². The number of carbonyl (C=O) groups is 1. The molecule has 0 spiro atoms. The number of thiazole rings is 1. The van der Waals surface area contributed by atoms with Gasteiger partial charge in [-0.25, -0.2) is 4.98 Å². The van der Waals surface area contributed by atoms with Crippen molar-refractivity contribution in [3.05, 3.63) is 11.1 Å². The minimum atomic E-state index is -0.931. The molecule has 1 rings (SSSR count). The maximum absolute atomic E-state index is 11.2. The second-order valence-electron chi connectivity index (χ2n) is 5.52. The van der Waals surface area contributed by atoms with Crippen molar-refractivity contribution in [2.75, 3.05) is 39.1 Å². The molecule has 0 atom stereocenters. The summed E-state index contributed by atoms with van der Waals surface area (Å²) in [6.07, 6.45) is 1.06. The Morgan fingerprint density at radius 3 is 2.53 bits per heavy atom. The first-order valence-electron chi connectivity index (χ1n) is 6.30. The molecule has 0 fully saturated rings. The highest BCUT2D eigenvalue weighted by atomic mass is 32.1. The number of aromatic nitrogens is 1. The minimum Gasteiger partial charge on any atom is -0.481 e. The van der Waals surface area contributed by atoms with Gasteiger partial charge in [0.05, 0.1) is 5.69 Å². The lowest BCUT2D eigenvalue weighted by Crippen LogP contribution is -2.29. The second-order valence-corrected chi connectivity index (χ2v) is 6.36. The second kappa shape index (κ2) is 6.34. The Kier molecular flexibility index (Phi) is 5.31. The maximum Gasteiger partial charge on any atom is 0.315 e. The molecular formula is C13H23N3O2S. The van der Waals surface area contributed by atoms with E-state index in [9.17, 15) is 9.90 Å². The number of hydrogen-bond donors (Lipinski definition) is 1. The van der Waals surface area contributed by atoms with Gasteiger partial charge in [-0.15, -0.1) is 11.3 Å². The molecule has 0 unspecified atom stereocenters. The number of anilines is 1. The van der Waals surface area contributed by atoms with E-state index < -0.39 is 11.4 Å². The van der Waals surface area contributed by atoms with E-state index in [1.807, 2.05) is 12.4 Å². The monoisotopic (exact) mass is 285 g/mol. The van der Waals surface area contributed by atoms with Crippen LogP contribution in [0.15, 0.2) is 5.38 Å². The van der Waals surface area contributed by atoms with Crippen molar-refractivity contribution in [1.29, 1.82) is 0 Å². The summed E-state index contributed by atoms with van der Waals surface area (Å²) in [5.74, 6) is -0.848. The summed E-state index contributed by atoms with van der Waals surface area (Å²) in [6, 6.07) is 0. The molecule has 0 aliphatic carbocycles. The Balaban J connectivity index is 2.66. The summed E-state index contributed by atoms with van der Waals surface area (Å²) in [4.78, 5) is 19.9. The van der Waals surface area contributed by atoms with Crippen LogP contribution in [0.4, 0.5) is 5.13 Å². The summed E-state index contributed by atoms with van der Waals surface area (Å²) in [7, 11) is 6.10.